The molecule has 0 aliphatic carbocycles. The van der Waals surface area contributed by atoms with Gasteiger partial charge < -0.3 is 0 Å². The molecule has 14 heavy (non-hydrogen) atoms. The minimum atomic E-state index is -0.222. The third-order valence-corrected chi connectivity index (χ3v) is 4.94. The molecule has 1 aliphatic rings. The number of hydrogen-bond acceptors (Lipinski definition) is 1. The van der Waals surface area contributed by atoms with E-state index in [1.165, 1.54) is 20.4 Å². The van der Waals surface area contributed by atoms with E-state index >= 15 is 0 Å². The Morgan fingerprint density at radius 1 is 0.786 bits per heavy atom. The third-order valence-electron chi connectivity index (χ3n) is 2.38. The summed E-state index contributed by atoms with van der Waals surface area (Å²) in [5.41, 5.74) is 4.07. The van der Waals surface area contributed by atoms with Crippen molar-refractivity contribution >= 4 is 30.5 Å². The third kappa shape index (κ3) is 1.23. The summed E-state index contributed by atoms with van der Waals surface area (Å²) in [6.07, 6.45) is 0. The molecule has 1 nitrogen and oxygen atoms in total. The first-order chi connectivity index (χ1) is 6.95. The standard InChI is InChI=1S/C12H9NTe/c1-3-7-11-9(5-1)10-6-2-4-8-12(10)14-13-11/h1-8,13H. The molecule has 0 spiro atoms. The van der Waals surface area contributed by atoms with Crippen molar-refractivity contribution in [2.75, 3.05) is 3.57 Å². The fourth-order valence-electron chi connectivity index (χ4n) is 1.70. The molecule has 1 heterocycles. The van der Waals surface area contributed by atoms with E-state index in [4.69, 9.17) is 0 Å². The summed E-state index contributed by atoms with van der Waals surface area (Å²) in [7, 11) is 0. The number of benzene rings is 2. The van der Waals surface area contributed by atoms with E-state index in [-0.39, 0.29) is 21.2 Å². The maximum absolute atomic E-state index is 3.55. The van der Waals surface area contributed by atoms with Crippen molar-refractivity contribution in [2.45, 2.75) is 0 Å². The first-order valence-corrected chi connectivity index (χ1v) is 6.89. The van der Waals surface area contributed by atoms with Crippen LogP contribution in [-0.4, -0.2) is 21.2 Å². The zero-order valence-electron chi connectivity index (χ0n) is 7.53. The van der Waals surface area contributed by atoms with E-state index in [2.05, 4.69) is 52.1 Å². The summed E-state index contributed by atoms with van der Waals surface area (Å²) in [5, 5.41) is 0. The molecule has 2 heteroatoms. The fraction of sp³-hybridized carbons (Fsp3) is 0. The normalized spacial score (nSPS) is 12.6. The molecule has 2 aromatic carbocycles. The van der Waals surface area contributed by atoms with Crippen LogP contribution in [0.1, 0.15) is 0 Å². The Bertz CT molecular complexity index is 434. The van der Waals surface area contributed by atoms with E-state index in [1.54, 1.807) is 0 Å². The molecule has 0 saturated carbocycles. The van der Waals surface area contributed by atoms with Crippen molar-refractivity contribution in [3.05, 3.63) is 48.5 Å². The molecule has 0 radical (unpaired) electrons. The predicted octanol–water partition coefficient (Wildman–Crippen LogP) is 2.02. The monoisotopic (exact) mass is 297 g/mol. The molecule has 0 unspecified atom stereocenters. The van der Waals surface area contributed by atoms with Crippen LogP contribution in [0, 0.1) is 0 Å². The average Bonchev–Trinajstić information content (AvgIpc) is 2.29. The van der Waals surface area contributed by atoms with E-state index < -0.39 is 0 Å². The summed E-state index contributed by atoms with van der Waals surface area (Å²) < 4.78 is 5.06. The van der Waals surface area contributed by atoms with Crippen LogP contribution < -0.4 is 7.18 Å². The molecule has 0 atom stereocenters. The predicted molar refractivity (Wildman–Crippen MR) is 60.9 cm³/mol. The average molecular weight is 295 g/mol. The maximum atomic E-state index is 3.55. The Labute approximate surface area is 93.6 Å². The van der Waals surface area contributed by atoms with Crippen molar-refractivity contribution < 1.29 is 0 Å². The van der Waals surface area contributed by atoms with Gasteiger partial charge in [0.2, 0.25) is 0 Å². The molecule has 68 valence electrons. The van der Waals surface area contributed by atoms with Crippen molar-refractivity contribution in [1.29, 1.82) is 0 Å². The summed E-state index contributed by atoms with van der Waals surface area (Å²) in [5.74, 6) is 0. The molecular weight excluding hydrogens is 286 g/mol. The molecule has 1 N–H and O–H groups in total. The van der Waals surface area contributed by atoms with Gasteiger partial charge in [0.05, 0.1) is 0 Å². The molecular formula is C12H9NTe. The molecule has 0 saturated heterocycles. The molecule has 3 rings (SSSR count). The molecule has 2 aromatic rings. The first-order valence-electron chi connectivity index (χ1n) is 4.56. The zero-order chi connectivity index (χ0) is 9.38. The van der Waals surface area contributed by atoms with Crippen LogP contribution >= 0.6 is 0 Å². The quantitative estimate of drug-likeness (QED) is 0.733. The van der Waals surface area contributed by atoms with Crippen molar-refractivity contribution in [3.8, 4) is 11.1 Å². The summed E-state index contributed by atoms with van der Waals surface area (Å²) in [6, 6.07) is 17.2. The molecule has 0 aromatic heterocycles. The van der Waals surface area contributed by atoms with Gasteiger partial charge in [0.25, 0.3) is 0 Å². The zero-order valence-corrected chi connectivity index (χ0v) is 9.86. The van der Waals surface area contributed by atoms with Crippen molar-refractivity contribution in [3.63, 3.8) is 0 Å². The minimum absolute atomic E-state index is 0.222. The van der Waals surface area contributed by atoms with Crippen molar-refractivity contribution in [2.24, 2.45) is 0 Å². The van der Waals surface area contributed by atoms with Crippen LogP contribution in [0.5, 0.6) is 0 Å². The Balaban J connectivity index is 2.29. The second-order valence-corrected chi connectivity index (χ2v) is 5.67. The number of fused-ring (bicyclic) bond motifs is 3. The first kappa shape index (κ1) is 8.35. The van der Waals surface area contributed by atoms with Gasteiger partial charge in [-0.25, -0.2) is 0 Å². The Morgan fingerprint density at radius 3 is 2.43 bits per heavy atom. The molecule has 0 amide bonds. The number of rotatable bonds is 0. The number of anilines is 1. The number of hydrogen-bond donors (Lipinski definition) is 1. The van der Waals surface area contributed by atoms with Gasteiger partial charge in [0, 0.05) is 0 Å². The summed E-state index contributed by atoms with van der Waals surface area (Å²) >= 11 is -0.222. The van der Waals surface area contributed by atoms with Crippen molar-refractivity contribution in [1.82, 2.24) is 0 Å². The van der Waals surface area contributed by atoms with E-state index in [0.29, 0.717) is 0 Å². The summed E-state index contributed by atoms with van der Waals surface area (Å²) in [6.45, 7) is 0. The Morgan fingerprint density at radius 2 is 1.50 bits per heavy atom. The second-order valence-electron chi connectivity index (χ2n) is 3.25. The van der Waals surface area contributed by atoms with Gasteiger partial charge in [0.15, 0.2) is 0 Å². The summed E-state index contributed by atoms with van der Waals surface area (Å²) in [4.78, 5) is 0. The van der Waals surface area contributed by atoms with Gasteiger partial charge in [-0.15, -0.1) is 0 Å². The van der Waals surface area contributed by atoms with Crippen LogP contribution in [0.4, 0.5) is 5.69 Å². The van der Waals surface area contributed by atoms with Crippen LogP contribution in [0.25, 0.3) is 11.1 Å². The SMILES string of the molecule is c1ccc2c(c1)N[Te]c1ccccc1-2. The van der Waals surface area contributed by atoms with Crippen LogP contribution in [0.2, 0.25) is 0 Å². The van der Waals surface area contributed by atoms with Gasteiger partial charge in [-0.1, -0.05) is 0 Å². The Hall–Kier alpha value is -0.970. The second kappa shape index (κ2) is 3.31. The number of para-hydroxylation sites is 1. The van der Waals surface area contributed by atoms with Crippen LogP contribution in [0.3, 0.4) is 0 Å². The van der Waals surface area contributed by atoms with E-state index in [1.807, 2.05) is 0 Å². The van der Waals surface area contributed by atoms with Crippen LogP contribution in [0.15, 0.2) is 48.5 Å². The van der Waals surface area contributed by atoms with Gasteiger partial charge in [-0.3, -0.25) is 0 Å². The van der Waals surface area contributed by atoms with Gasteiger partial charge in [0.1, 0.15) is 0 Å². The Kier molecular flexibility index (Phi) is 1.97. The van der Waals surface area contributed by atoms with E-state index in [0.717, 1.165) is 0 Å². The van der Waals surface area contributed by atoms with Gasteiger partial charge >= 0.3 is 93.7 Å². The molecule has 1 aliphatic heterocycles. The molecule has 0 bridgehead atoms. The van der Waals surface area contributed by atoms with Crippen LogP contribution in [-0.2, 0) is 0 Å². The number of nitrogens with one attached hydrogen (secondary N) is 1. The van der Waals surface area contributed by atoms with E-state index in [9.17, 15) is 0 Å². The topological polar surface area (TPSA) is 12.0 Å². The molecule has 0 fully saturated rings. The van der Waals surface area contributed by atoms with Gasteiger partial charge in [-0.2, -0.15) is 0 Å². The van der Waals surface area contributed by atoms with Gasteiger partial charge in [-0.05, 0) is 0 Å². The fourth-order valence-corrected chi connectivity index (χ4v) is 4.07.